The van der Waals surface area contributed by atoms with Crippen LogP contribution in [0.25, 0.3) is 0 Å². The molecule has 0 aromatic carbocycles. The van der Waals surface area contributed by atoms with E-state index in [2.05, 4.69) is 25.8 Å². The van der Waals surface area contributed by atoms with Gasteiger partial charge in [0, 0.05) is 25.8 Å². The topological polar surface area (TPSA) is 99.8 Å². The molecular weight excluding hydrogens is 364 g/mol. The van der Waals surface area contributed by atoms with Gasteiger partial charge in [0.25, 0.3) is 0 Å². The van der Waals surface area contributed by atoms with Gasteiger partial charge in [-0.05, 0) is 53.2 Å². The van der Waals surface area contributed by atoms with Crippen molar-refractivity contribution in [2.24, 2.45) is 11.7 Å². The minimum absolute atomic E-state index is 0.241. The van der Waals surface area contributed by atoms with Gasteiger partial charge in [0.2, 0.25) is 5.91 Å². The summed E-state index contributed by atoms with van der Waals surface area (Å²) in [6.45, 7) is 1.89. The SMILES string of the molecule is NC(=O)CN(CCC1CCN(c2ncccc2Br)CC1)C(=O)O. The van der Waals surface area contributed by atoms with Crippen molar-refractivity contribution in [1.29, 1.82) is 0 Å². The molecule has 0 unspecified atom stereocenters. The first-order valence-electron chi connectivity index (χ1n) is 7.59. The Labute approximate surface area is 143 Å². The highest BCUT2D eigenvalue weighted by Gasteiger charge is 2.23. The van der Waals surface area contributed by atoms with Crippen molar-refractivity contribution in [3.63, 3.8) is 0 Å². The van der Waals surface area contributed by atoms with E-state index in [1.807, 2.05) is 12.1 Å². The fourth-order valence-corrected chi connectivity index (χ4v) is 3.32. The Balaban J connectivity index is 1.81. The van der Waals surface area contributed by atoms with E-state index in [9.17, 15) is 9.59 Å². The van der Waals surface area contributed by atoms with Crippen LogP contribution < -0.4 is 10.6 Å². The molecule has 1 aliphatic rings. The van der Waals surface area contributed by atoms with Gasteiger partial charge in [0.1, 0.15) is 12.4 Å². The van der Waals surface area contributed by atoms with E-state index >= 15 is 0 Å². The first kappa shape index (κ1) is 17.5. The van der Waals surface area contributed by atoms with Crippen molar-refractivity contribution in [3.8, 4) is 0 Å². The number of carbonyl (C=O) groups excluding carboxylic acids is 1. The van der Waals surface area contributed by atoms with E-state index in [0.717, 1.165) is 47.5 Å². The molecule has 126 valence electrons. The summed E-state index contributed by atoms with van der Waals surface area (Å²) in [6, 6.07) is 3.86. The first-order chi connectivity index (χ1) is 11.0. The summed E-state index contributed by atoms with van der Waals surface area (Å²) in [7, 11) is 0. The number of amides is 2. The zero-order valence-electron chi connectivity index (χ0n) is 12.8. The van der Waals surface area contributed by atoms with Gasteiger partial charge >= 0.3 is 6.09 Å². The van der Waals surface area contributed by atoms with Crippen molar-refractivity contribution in [2.45, 2.75) is 19.3 Å². The lowest BCUT2D eigenvalue weighted by Crippen LogP contribution is -2.40. The van der Waals surface area contributed by atoms with Crippen molar-refractivity contribution in [1.82, 2.24) is 9.88 Å². The maximum atomic E-state index is 11.1. The molecule has 23 heavy (non-hydrogen) atoms. The van der Waals surface area contributed by atoms with Gasteiger partial charge in [-0.25, -0.2) is 9.78 Å². The zero-order chi connectivity index (χ0) is 16.8. The lowest BCUT2D eigenvalue weighted by atomic mass is 9.93. The van der Waals surface area contributed by atoms with Crippen LogP contribution in [-0.4, -0.2) is 53.2 Å². The maximum absolute atomic E-state index is 11.1. The quantitative estimate of drug-likeness (QED) is 0.780. The molecule has 0 atom stereocenters. The molecule has 1 aromatic rings. The molecule has 3 N–H and O–H groups in total. The summed E-state index contributed by atoms with van der Waals surface area (Å²) in [5.41, 5.74) is 5.07. The van der Waals surface area contributed by atoms with E-state index in [1.54, 1.807) is 6.20 Å². The monoisotopic (exact) mass is 384 g/mol. The number of carbonyl (C=O) groups is 2. The number of pyridine rings is 1. The molecule has 8 heteroatoms. The van der Waals surface area contributed by atoms with E-state index in [4.69, 9.17) is 10.8 Å². The molecule has 0 spiro atoms. The molecule has 1 aliphatic heterocycles. The highest BCUT2D eigenvalue weighted by molar-refractivity contribution is 9.10. The van der Waals surface area contributed by atoms with Crippen molar-refractivity contribution >= 4 is 33.7 Å². The van der Waals surface area contributed by atoms with Gasteiger partial charge in [0.05, 0.1) is 4.47 Å². The molecule has 0 aliphatic carbocycles. The van der Waals surface area contributed by atoms with Gasteiger partial charge in [-0.1, -0.05) is 0 Å². The Hall–Kier alpha value is -1.83. The number of halogens is 1. The van der Waals surface area contributed by atoms with Gasteiger partial charge in [-0.3, -0.25) is 9.69 Å². The predicted molar refractivity (Wildman–Crippen MR) is 90.3 cm³/mol. The van der Waals surface area contributed by atoms with Gasteiger partial charge in [0.15, 0.2) is 0 Å². The number of rotatable bonds is 6. The van der Waals surface area contributed by atoms with E-state index < -0.39 is 12.0 Å². The van der Waals surface area contributed by atoms with E-state index in [-0.39, 0.29) is 6.54 Å². The number of carboxylic acid groups (broad SMARTS) is 1. The third-order valence-electron chi connectivity index (χ3n) is 4.08. The van der Waals surface area contributed by atoms with E-state index in [0.29, 0.717) is 12.5 Å². The molecule has 2 rings (SSSR count). The van der Waals surface area contributed by atoms with Crippen LogP contribution in [0.15, 0.2) is 22.8 Å². The van der Waals surface area contributed by atoms with Gasteiger partial charge in [-0.2, -0.15) is 0 Å². The number of aromatic nitrogens is 1. The Bertz CT molecular complexity index is 561. The summed E-state index contributed by atoms with van der Waals surface area (Å²) in [5, 5.41) is 9.07. The normalized spacial score (nSPS) is 15.4. The van der Waals surface area contributed by atoms with Crippen molar-refractivity contribution in [2.75, 3.05) is 31.1 Å². The second kappa shape index (κ2) is 8.14. The smallest absolute Gasteiger partial charge is 0.407 e. The Morgan fingerprint density at radius 1 is 1.43 bits per heavy atom. The summed E-state index contributed by atoms with van der Waals surface area (Å²) < 4.78 is 0.983. The number of primary amides is 1. The van der Waals surface area contributed by atoms with Crippen LogP contribution in [-0.2, 0) is 4.79 Å². The standard InChI is InChI=1S/C15H21BrN4O3/c16-12-2-1-6-18-14(12)19-7-3-11(4-8-19)5-9-20(15(22)23)10-13(17)21/h1-2,6,11H,3-5,7-10H2,(H2,17,21)(H,22,23). The number of piperidine rings is 1. The molecule has 0 saturated carbocycles. The molecule has 1 fully saturated rings. The molecule has 0 radical (unpaired) electrons. The van der Waals surface area contributed by atoms with Crippen LogP contribution in [0.5, 0.6) is 0 Å². The molecule has 1 aromatic heterocycles. The summed E-state index contributed by atoms with van der Waals surface area (Å²) >= 11 is 3.52. The first-order valence-corrected chi connectivity index (χ1v) is 8.38. The Morgan fingerprint density at radius 3 is 2.70 bits per heavy atom. The molecule has 7 nitrogen and oxygen atoms in total. The molecule has 0 bridgehead atoms. The minimum Gasteiger partial charge on any atom is -0.465 e. The van der Waals surface area contributed by atoms with E-state index in [1.165, 1.54) is 0 Å². The lowest BCUT2D eigenvalue weighted by Gasteiger charge is -2.34. The van der Waals surface area contributed by atoms with Crippen molar-refractivity contribution in [3.05, 3.63) is 22.8 Å². The largest absolute Gasteiger partial charge is 0.465 e. The number of anilines is 1. The third-order valence-corrected chi connectivity index (χ3v) is 4.70. The summed E-state index contributed by atoms with van der Waals surface area (Å²) in [6.07, 6.45) is 3.39. The predicted octanol–water partition coefficient (Wildman–Crippen LogP) is 1.92. The van der Waals surface area contributed by atoms with Gasteiger partial charge < -0.3 is 15.7 Å². The lowest BCUT2D eigenvalue weighted by molar-refractivity contribution is -0.118. The highest BCUT2D eigenvalue weighted by atomic mass is 79.9. The zero-order valence-corrected chi connectivity index (χ0v) is 14.4. The molecule has 2 heterocycles. The number of hydrogen-bond donors (Lipinski definition) is 2. The Kier molecular flexibility index (Phi) is 6.20. The second-order valence-electron chi connectivity index (χ2n) is 5.70. The minimum atomic E-state index is -1.10. The average Bonchev–Trinajstić information content (AvgIpc) is 2.52. The fourth-order valence-electron chi connectivity index (χ4n) is 2.81. The Morgan fingerprint density at radius 2 is 2.13 bits per heavy atom. The van der Waals surface area contributed by atoms with Crippen LogP contribution in [0, 0.1) is 5.92 Å². The van der Waals surface area contributed by atoms with Gasteiger partial charge in [-0.15, -0.1) is 0 Å². The number of nitrogens with two attached hydrogens (primary N) is 1. The summed E-state index contributed by atoms with van der Waals surface area (Å²) in [4.78, 5) is 29.7. The van der Waals surface area contributed by atoms with Crippen LogP contribution in [0.1, 0.15) is 19.3 Å². The number of nitrogens with zero attached hydrogens (tertiary/aromatic N) is 3. The maximum Gasteiger partial charge on any atom is 0.407 e. The highest BCUT2D eigenvalue weighted by Crippen LogP contribution is 2.28. The van der Waals surface area contributed by atoms with Crippen LogP contribution in [0.2, 0.25) is 0 Å². The summed E-state index contributed by atoms with van der Waals surface area (Å²) in [5.74, 6) is 0.775. The molecule has 1 saturated heterocycles. The molecule has 2 amide bonds. The molecular formula is C15H21BrN4O3. The second-order valence-corrected chi connectivity index (χ2v) is 6.55. The third kappa shape index (κ3) is 5.09. The van der Waals surface area contributed by atoms with Crippen molar-refractivity contribution < 1.29 is 14.7 Å². The number of hydrogen-bond acceptors (Lipinski definition) is 4. The van der Waals surface area contributed by atoms with Crippen LogP contribution >= 0.6 is 15.9 Å². The van der Waals surface area contributed by atoms with Crippen LogP contribution in [0.3, 0.4) is 0 Å². The average molecular weight is 385 g/mol. The fraction of sp³-hybridized carbons (Fsp3) is 0.533. The van der Waals surface area contributed by atoms with Crippen LogP contribution in [0.4, 0.5) is 10.6 Å².